The van der Waals surface area contributed by atoms with Crippen molar-refractivity contribution in [1.29, 1.82) is 0 Å². The molecule has 0 radical (unpaired) electrons. The molecule has 0 spiro atoms. The van der Waals surface area contributed by atoms with E-state index in [0.29, 0.717) is 12.3 Å². The van der Waals surface area contributed by atoms with Crippen LogP contribution in [-0.2, 0) is 13.2 Å². The van der Waals surface area contributed by atoms with Gasteiger partial charge in [0.25, 0.3) is 0 Å². The molecule has 0 saturated heterocycles. The standard InChI is InChI=1S/C15H17NO4/c1-10(13-5-6-14(20-13)15(18)19)16-8-11-3-2-4-12(7-11)9-17/h2-7,10,16-17H,8-9H2,1H3,(H,18,19). The summed E-state index contributed by atoms with van der Waals surface area (Å²) in [5.41, 5.74) is 1.91. The number of rotatable bonds is 6. The van der Waals surface area contributed by atoms with E-state index in [2.05, 4.69) is 5.32 Å². The molecular weight excluding hydrogens is 258 g/mol. The summed E-state index contributed by atoms with van der Waals surface area (Å²) in [6, 6.07) is 10.6. The molecule has 106 valence electrons. The van der Waals surface area contributed by atoms with Crippen molar-refractivity contribution in [3.8, 4) is 0 Å². The normalized spacial score (nSPS) is 12.3. The maximum Gasteiger partial charge on any atom is 0.371 e. The van der Waals surface area contributed by atoms with Gasteiger partial charge in [-0.05, 0) is 30.2 Å². The quantitative estimate of drug-likeness (QED) is 0.753. The molecule has 3 N–H and O–H groups in total. The molecule has 0 saturated carbocycles. The van der Waals surface area contributed by atoms with Crippen molar-refractivity contribution in [2.75, 3.05) is 0 Å². The van der Waals surface area contributed by atoms with Crippen molar-refractivity contribution < 1.29 is 19.4 Å². The number of benzene rings is 1. The summed E-state index contributed by atoms with van der Waals surface area (Å²) in [5.74, 6) is -0.546. The Morgan fingerprint density at radius 3 is 2.70 bits per heavy atom. The molecule has 0 aliphatic heterocycles. The second-order valence-corrected chi connectivity index (χ2v) is 4.59. The Balaban J connectivity index is 1.96. The van der Waals surface area contributed by atoms with Gasteiger partial charge >= 0.3 is 5.97 Å². The van der Waals surface area contributed by atoms with Crippen molar-refractivity contribution in [3.05, 3.63) is 59.0 Å². The number of carbonyl (C=O) groups is 1. The van der Waals surface area contributed by atoms with Gasteiger partial charge in [-0.2, -0.15) is 0 Å². The molecular formula is C15H17NO4. The van der Waals surface area contributed by atoms with Gasteiger partial charge in [0.05, 0.1) is 12.6 Å². The largest absolute Gasteiger partial charge is 0.475 e. The van der Waals surface area contributed by atoms with E-state index in [1.54, 1.807) is 6.07 Å². The highest BCUT2D eigenvalue weighted by Crippen LogP contribution is 2.17. The maximum atomic E-state index is 10.7. The third kappa shape index (κ3) is 3.46. The van der Waals surface area contributed by atoms with E-state index in [9.17, 15) is 4.79 Å². The number of aromatic carboxylic acids is 1. The van der Waals surface area contributed by atoms with Gasteiger partial charge in [0.1, 0.15) is 5.76 Å². The van der Waals surface area contributed by atoms with Gasteiger partial charge in [-0.25, -0.2) is 4.79 Å². The first-order chi connectivity index (χ1) is 9.60. The second kappa shape index (κ2) is 6.36. The van der Waals surface area contributed by atoms with E-state index in [-0.39, 0.29) is 18.4 Å². The highest BCUT2D eigenvalue weighted by molar-refractivity contribution is 5.84. The summed E-state index contributed by atoms with van der Waals surface area (Å²) in [6.45, 7) is 2.53. The SMILES string of the molecule is CC(NCc1cccc(CO)c1)c1ccc(C(=O)O)o1. The summed E-state index contributed by atoms with van der Waals surface area (Å²) in [7, 11) is 0. The van der Waals surface area contributed by atoms with Gasteiger partial charge < -0.3 is 19.9 Å². The van der Waals surface area contributed by atoms with Gasteiger partial charge in [0.2, 0.25) is 5.76 Å². The molecule has 0 bridgehead atoms. The third-order valence-electron chi connectivity index (χ3n) is 3.05. The number of nitrogens with one attached hydrogen (secondary N) is 1. The van der Waals surface area contributed by atoms with Crippen LogP contribution in [0.3, 0.4) is 0 Å². The van der Waals surface area contributed by atoms with Crippen LogP contribution < -0.4 is 5.32 Å². The molecule has 5 heteroatoms. The predicted molar refractivity (Wildman–Crippen MR) is 73.3 cm³/mol. The molecule has 1 unspecified atom stereocenters. The maximum absolute atomic E-state index is 10.7. The Hall–Kier alpha value is -2.11. The second-order valence-electron chi connectivity index (χ2n) is 4.59. The molecule has 1 aromatic carbocycles. The zero-order valence-electron chi connectivity index (χ0n) is 11.2. The van der Waals surface area contributed by atoms with E-state index < -0.39 is 5.97 Å². The molecule has 1 heterocycles. The van der Waals surface area contributed by atoms with Crippen molar-refractivity contribution in [3.63, 3.8) is 0 Å². The van der Waals surface area contributed by atoms with E-state index >= 15 is 0 Å². The van der Waals surface area contributed by atoms with Crippen LogP contribution in [0.25, 0.3) is 0 Å². The molecule has 2 rings (SSSR count). The van der Waals surface area contributed by atoms with Crippen LogP contribution in [0.5, 0.6) is 0 Å². The van der Waals surface area contributed by atoms with E-state index in [0.717, 1.165) is 11.1 Å². The lowest BCUT2D eigenvalue weighted by Crippen LogP contribution is -2.17. The van der Waals surface area contributed by atoms with Crippen LogP contribution in [0, 0.1) is 0 Å². The first-order valence-electron chi connectivity index (χ1n) is 6.35. The average molecular weight is 275 g/mol. The zero-order chi connectivity index (χ0) is 14.5. The van der Waals surface area contributed by atoms with Crippen LogP contribution in [-0.4, -0.2) is 16.2 Å². The molecule has 20 heavy (non-hydrogen) atoms. The first kappa shape index (κ1) is 14.3. The fourth-order valence-corrected chi connectivity index (χ4v) is 1.91. The summed E-state index contributed by atoms with van der Waals surface area (Å²) >= 11 is 0. The topological polar surface area (TPSA) is 82.7 Å². The lowest BCUT2D eigenvalue weighted by molar-refractivity contribution is 0.0659. The van der Waals surface area contributed by atoms with Crippen LogP contribution in [0.1, 0.15) is 40.4 Å². The molecule has 2 aromatic rings. The smallest absolute Gasteiger partial charge is 0.371 e. The molecule has 1 aromatic heterocycles. The fraction of sp³-hybridized carbons (Fsp3) is 0.267. The van der Waals surface area contributed by atoms with Crippen LogP contribution in [0.15, 0.2) is 40.8 Å². The Bertz CT molecular complexity index is 591. The number of hydrogen-bond donors (Lipinski definition) is 3. The lowest BCUT2D eigenvalue weighted by atomic mass is 10.1. The number of furan rings is 1. The van der Waals surface area contributed by atoms with E-state index in [4.69, 9.17) is 14.6 Å². The van der Waals surface area contributed by atoms with Crippen molar-refractivity contribution in [2.45, 2.75) is 26.1 Å². The fourth-order valence-electron chi connectivity index (χ4n) is 1.91. The lowest BCUT2D eigenvalue weighted by Gasteiger charge is -2.11. The van der Waals surface area contributed by atoms with Gasteiger partial charge in [0.15, 0.2) is 0 Å². The number of aliphatic hydroxyl groups excluding tert-OH is 1. The Labute approximate surface area is 116 Å². The van der Waals surface area contributed by atoms with Crippen molar-refractivity contribution in [1.82, 2.24) is 5.32 Å². The summed E-state index contributed by atoms with van der Waals surface area (Å²) in [4.78, 5) is 10.7. The van der Waals surface area contributed by atoms with Crippen molar-refractivity contribution >= 4 is 5.97 Å². The number of carboxylic acids is 1. The van der Waals surface area contributed by atoms with Crippen LogP contribution in [0.4, 0.5) is 0 Å². The summed E-state index contributed by atoms with van der Waals surface area (Å²) < 4.78 is 5.24. The number of carboxylic acid groups (broad SMARTS) is 1. The molecule has 0 aliphatic carbocycles. The van der Waals surface area contributed by atoms with Gasteiger partial charge in [-0.3, -0.25) is 0 Å². The Kier molecular flexibility index (Phi) is 4.55. The molecule has 0 amide bonds. The Morgan fingerprint density at radius 1 is 1.30 bits per heavy atom. The highest BCUT2D eigenvalue weighted by atomic mass is 16.4. The first-order valence-corrected chi connectivity index (χ1v) is 6.35. The number of hydrogen-bond acceptors (Lipinski definition) is 4. The van der Waals surface area contributed by atoms with Gasteiger partial charge in [-0.15, -0.1) is 0 Å². The molecule has 0 fully saturated rings. The number of aliphatic hydroxyl groups is 1. The molecule has 5 nitrogen and oxygen atoms in total. The van der Waals surface area contributed by atoms with Crippen molar-refractivity contribution in [2.24, 2.45) is 0 Å². The van der Waals surface area contributed by atoms with E-state index in [1.165, 1.54) is 6.07 Å². The minimum atomic E-state index is -1.07. The summed E-state index contributed by atoms with van der Waals surface area (Å²) in [6.07, 6.45) is 0. The monoisotopic (exact) mass is 275 g/mol. The van der Waals surface area contributed by atoms with Crippen LogP contribution in [0.2, 0.25) is 0 Å². The van der Waals surface area contributed by atoms with E-state index in [1.807, 2.05) is 31.2 Å². The highest BCUT2D eigenvalue weighted by Gasteiger charge is 2.13. The minimum absolute atomic E-state index is 0.0174. The van der Waals surface area contributed by atoms with Gasteiger partial charge in [-0.1, -0.05) is 24.3 Å². The average Bonchev–Trinajstić information content (AvgIpc) is 2.95. The summed E-state index contributed by atoms with van der Waals surface area (Å²) in [5, 5.41) is 21.1. The van der Waals surface area contributed by atoms with Crippen LogP contribution >= 0.6 is 0 Å². The van der Waals surface area contributed by atoms with Gasteiger partial charge in [0, 0.05) is 6.54 Å². The zero-order valence-corrected chi connectivity index (χ0v) is 11.2. The Morgan fingerprint density at radius 2 is 2.05 bits per heavy atom. The molecule has 0 aliphatic rings. The minimum Gasteiger partial charge on any atom is -0.475 e. The predicted octanol–water partition coefficient (Wildman–Crippen LogP) is 2.32. The third-order valence-corrected chi connectivity index (χ3v) is 3.05. The molecule has 1 atom stereocenters.